The fourth-order valence-electron chi connectivity index (χ4n) is 0.340. The molecule has 0 saturated heterocycles. The summed E-state index contributed by atoms with van der Waals surface area (Å²) in [7, 11) is 0. The summed E-state index contributed by atoms with van der Waals surface area (Å²) in [6.45, 7) is 6.00. The predicted molar refractivity (Wildman–Crippen MR) is 42.9 cm³/mol. The second-order valence-electron chi connectivity index (χ2n) is 1.00. The van der Waals surface area contributed by atoms with Crippen LogP contribution in [0.4, 0.5) is 0 Å². The third-order valence-corrected chi connectivity index (χ3v) is 0.586. The van der Waals surface area contributed by atoms with E-state index in [2.05, 4.69) is 12.2 Å². The van der Waals surface area contributed by atoms with E-state index in [1.54, 1.807) is 0 Å². The molecule has 69 valence electrons. The van der Waals surface area contributed by atoms with Crippen LogP contribution in [0.5, 0.6) is 0 Å². The molecule has 0 atom stereocenters. The molecule has 0 aromatic heterocycles. The second kappa shape index (κ2) is 49.6. The fraction of sp³-hybridized carbons (Fsp3) is 0.125. The largest absolute Gasteiger partial charge is 1.00 e. The van der Waals surface area contributed by atoms with E-state index in [0.717, 1.165) is 6.42 Å². The van der Waals surface area contributed by atoms with Gasteiger partial charge in [-0.3, -0.25) is 6.08 Å². The second-order valence-corrected chi connectivity index (χ2v) is 1.00. The van der Waals surface area contributed by atoms with Crippen molar-refractivity contribution in [2.24, 2.45) is 0 Å². The maximum Gasteiger partial charge on any atom is 1.00 e. The SMILES string of the molecule is C=O.C=O.C=O.[C-]1=CC=CC1.[Ru+]. The van der Waals surface area contributed by atoms with E-state index in [0.29, 0.717) is 0 Å². The van der Waals surface area contributed by atoms with Gasteiger partial charge in [-0.25, -0.2) is 12.2 Å². The smallest absolute Gasteiger partial charge is 0.307 e. The number of carbonyl (C=O) groups excluding carboxylic acids is 3. The van der Waals surface area contributed by atoms with Crippen LogP contribution in [-0.2, 0) is 33.9 Å². The van der Waals surface area contributed by atoms with E-state index < -0.39 is 0 Å². The van der Waals surface area contributed by atoms with Crippen LogP contribution in [0.2, 0.25) is 0 Å². The first-order valence-electron chi connectivity index (χ1n) is 2.58. The normalized spacial score (nSPS) is 8.33. The van der Waals surface area contributed by atoms with Gasteiger partial charge in [-0.15, -0.1) is 6.42 Å². The first-order valence-corrected chi connectivity index (χ1v) is 2.58. The zero-order valence-electron chi connectivity index (χ0n) is 6.64. The number of hydrogen-bond donors (Lipinski definition) is 0. The first-order chi connectivity index (χ1) is 5.50. The zero-order chi connectivity index (χ0) is 9.54. The molecule has 3 nitrogen and oxygen atoms in total. The fourth-order valence-corrected chi connectivity index (χ4v) is 0.340. The maximum absolute atomic E-state index is 8.00. The van der Waals surface area contributed by atoms with Gasteiger partial charge in [0, 0.05) is 0 Å². The molecule has 0 aromatic carbocycles. The van der Waals surface area contributed by atoms with Crippen molar-refractivity contribution >= 4 is 20.4 Å². The average molecular weight is 256 g/mol. The Bertz CT molecular complexity index is 98.1. The van der Waals surface area contributed by atoms with Crippen LogP contribution in [0.3, 0.4) is 0 Å². The summed E-state index contributed by atoms with van der Waals surface area (Å²) < 4.78 is 0. The molecule has 1 aliphatic carbocycles. The predicted octanol–water partition coefficient (Wildman–Crippen LogP) is 0.748. The van der Waals surface area contributed by atoms with Crippen molar-refractivity contribution in [2.45, 2.75) is 6.42 Å². The molecular weight excluding hydrogens is 245 g/mol. The van der Waals surface area contributed by atoms with Gasteiger partial charge in [0.25, 0.3) is 0 Å². The zero-order valence-corrected chi connectivity index (χ0v) is 8.38. The van der Waals surface area contributed by atoms with Gasteiger partial charge in [0.1, 0.15) is 20.4 Å². The summed E-state index contributed by atoms with van der Waals surface area (Å²) in [5.74, 6) is 0. The molecule has 0 aliphatic heterocycles. The summed E-state index contributed by atoms with van der Waals surface area (Å²) in [4.78, 5) is 24.0. The molecule has 0 spiro atoms. The van der Waals surface area contributed by atoms with Crippen molar-refractivity contribution in [3.05, 3.63) is 24.3 Å². The molecular formula is C8H11O3Ru. The van der Waals surface area contributed by atoms with E-state index in [-0.39, 0.29) is 19.5 Å². The molecule has 0 bridgehead atoms. The molecule has 0 amide bonds. The number of rotatable bonds is 0. The maximum atomic E-state index is 8.00. The number of allylic oxidation sites excluding steroid dienone is 4. The van der Waals surface area contributed by atoms with E-state index in [4.69, 9.17) is 14.4 Å². The van der Waals surface area contributed by atoms with Crippen LogP contribution in [-0.4, -0.2) is 20.4 Å². The molecule has 0 fully saturated rings. The monoisotopic (exact) mass is 257 g/mol. The van der Waals surface area contributed by atoms with Crippen LogP contribution in [0, 0.1) is 6.08 Å². The van der Waals surface area contributed by atoms with Crippen molar-refractivity contribution in [1.82, 2.24) is 0 Å². The Morgan fingerprint density at radius 3 is 1.50 bits per heavy atom. The number of hydrogen-bond acceptors (Lipinski definition) is 3. The minimum atomic E-state index is 0. The van der Waals surface area contributed by atoms with E-state index >= 15 is 0 Å². The van der Waals surface area contributed by atoms with Gasteiger partial charge in [-0.2, -0.15) is 6.08 Å². The Kier molecular flexibility index (Phi) is 92.9. The van der Waals surface area contributed by atoms with Gasteiger partial charge in [0.05, 0.1) is 0 Å². The van der Waals surface area contributed by atoms with Crippen LogP contribution in [0.25, 0.3) is 0 Å². The van der Waals surface area contributed by atoms with Crippen LogP contribution in [0.15, 0.2) is 18.2 Å². The van der Waals surface area contributed by atoms with Gasteiger partial charge in [0.15, 0.2) is 0 Å². The Balaban J connectivity index is -0.0000000406. The first kappa shape index (κ1) is 22.5. The molecule has 1 aliphatic rings. The summed E-state index contributed by atoms with van der Waals surface area (Å²) >= 11 is 0. The molecule has 4 heteroatoms. The molecule has 0 heterocycles. The van der Waals surface area contributed by atoms with E-state index in [9.17, 15) is 0 Å². The minimum absolute atomic E-state index is 0. The van der Waals surface area contributed by atoms with Crippen LogP contribution >= 0.6 is 0 Å². The molecule has 0 saturated carbocycles. The molecule has 1 radical (unpaired) electrons. The Morgan fingerprint density at radius 1 is 1.00 bits per heavy atom. The third kappa shape index (κ3) is 35.5. The quantitative estimate of drug-likeness (QED) is 0.474. The molecule has 1 rings (SSSR count). The van der Waals surface area contributed by atoms with Crippen molar-refractivity contribution in [3.8, 4) is 0 Å². The van der Waals surface area contributed by atoms with Gasteiger partial charge < -0.3 is 14.4 Å². The Hall–Kier alpha value is -0.887. The standard InChI is InChI=1S/C5H5.3CH2O.Ru/c1-2-4-5-3-1;3*1-2;/h1-3H,4H2;3*1H2;/q-1;;;;+1. The third-order valence-electron chi connectivity index (χ3n) is 0.586. The summed E-state index contributed by atoms with van der Waals surface area (Å²) in [6, 6.07) is 0. The van der Waals surface area contributed by atoms with Gasteiger partial charge in [0.2, 0.25) is 0 Å². The summed E-state index contributed by atoms with van der Waals surface area (Å²) in [5.41, 5.74) is 0. The average Bonchev–Trinajstić information content (AvgIpc) is 2.71. The van der Waals surface area contributed by atoms with Crippen molar-refractivity contribution in [2.75, 3.05) is 0 Å². The van der Waals surface area contributed by atoms with Gasteiger partial charge >= 0.3 is 19.5 Å². The van der Waals surface area contributed by atoms with Gasteiger partial charge in [-0.05, 0) is 0 Å². The van der Waals surface area contributed by atoms with Crippen LogP contribution < -0.4 is 0 Å². The molecule has 0 N–H and O–H groups in total. The Morgan fingerprint density at radius 2 is 1.42 bits per heavy atom. The number of carbonyl (C=O) groups is 3. The van der Waals surface area contributed by atoms with Crippen LogP contribution in [0.1, 0.15) is 6.42 Å². The van der Waals surface area contributed by atoms with E-state index in [1.807, 2.05) is 32.5 Å². The molecule has 12 heavy (non-hydrogen) atoms. The summed E-state index contributed by atoms with van der Waals surface area (Å²) in [6.07, 6.45) is 10.0. The topological polar surface area (TPSA) is 51.2 Å². The minimum Gasteiger partial charge on any atom is -0.307 e. The van der Waals surface area contributed by atoms with Gasteiger partial charge in [-0.1, -0.05) is 0 Å². The van der Waals surface area contributed by atoms with Crippen molar-refractivity contribution in [3.63, 3.8) is 0 Å². The van der Waals surface area contributed by atoms with Crippen molar-refractivity contribution in [1.29, 1.82) is 0 Å². The molecule has 0 unspecified atom stereocenters. The Labute approximate surface area is 85.3 Å². The molecule has 0 aromatic rings. The van der Waals surface area contributed by atoms with E-state index in [1.165, 1.54) is 0 Å². The summed E-state index contributed by atoms with van der Waals surface area (Å²) in [5, 5.41) is 0. The van der Waals surface area contributed by atoms with Crippen molar-refractivity contribution < 1.29 is 33.9 Å².